The van der Waals surface area contributed by atoms with Crippen molar-refractivity contribution in [3.63, 3.8) is 0 Å². The van der Waals surface area contributed by atoms with Crippen molar-refractivity contribution in [1.82, 2.24) is 9.97 Å². The molecule has 0 spiro atoms. The average Bonchev–Trinajstić information content (AvgIpc) is 2.64. The maximum atomic E-state index is 8.87. The molecule has 0 atom stereocenters. The van der Waals surface area contributed by atoms with Gasteiger partial charge in [-0.25, -0.2) is 4.98 Å². The molecular weight excluding hydrogens is 381 g/mol. The number of rotatable bonds is 6. The van der Waals surface area contributed by atoms with Crippen molar-refractivity contribution in [3.8, 4) is 6.07 Å². The average molecular weight is 398 g/mol. The Labute approximate surface area is 168 Å². The molecule has 0 aliphatic rings. The van der Waals surface area contributed by atoms with Crippen molar-refractivity contribution < 1.29 is 0 Å². The van der Waals surface area contributed by atoms with E-state index in [0.29, 0.717) is 28.1 Å². The molecule has 1 heterocycles. The van der Waals surface area contributed by atoms with E-state index in [1.165, 1.54) is 0 Å². The van der Waals surface area contributed by atoms with Gasteiger partial charge in [0.2, 0.25) is 5.95 Å². The van der Waals surface area contributed by atoms with E-state index in [1.807, 2.05) is 37.3 Å². The topological polar surface area (TPSA) is 73.6 Å². The number of nitrogens with one attached hydrogen (secondary N) is 2. The van der Waals surface area contributed by atoms with Crippen molar-refractivity contribution in [1.29, 1.82) is 5.26 Å². The molecule has 0 aliphatic carbocycles. The van der Waals surface area contributed by atoms with Gasteiger partial charge in [-0.2, -0.15) is 10.2 Å². The van der Waals surface area contributed by atoms with E-state index >= 15 is 0 Å². The molecule has 0 fully saturated rings. The number of hydrogen-bond donors (Lipinski definition) is 2. The molecule has 3 rings (SSSR count). The summed E-state index contributed by atoms with van der Waals surface area (Å²) in [5.74, 6) is 1.22. The number of nitriles is 1. The smallest absolute Gasteiger partial charge is 0.229 e. The lowest BCUT2D eigenvalue weighted by Crippen LogP contribution is -2.09. The molecule has 27 heavy (non-hydrogen) atoms. The van der Waals surface area contributed by atoms with Crippen LogP contribution in [0.1, 0.15) is 16.8 Å². The summed E-state index contributed by atoms with van der Waals surface area (Å²) in [6, 6.07) is 16.6. The molecule has 0 radical (unpaired) electrons. The van der Waals surface area contributed by atoms with Crippen molar-refractivity contribution in [2.24, 2.45) is 0 Å². The van der Waals surface area contributed by atoms with E-state index in [9.17, 15) is 0 Å². The predicted octanol–water partition coefficient (Wildman–Crippen LogP) is 5.36. The Morgan fingerprint density at radius 3 is 2.52 bits per heavy atom. The Morgan fingerprint density at radius 1 is 1.04 bits per heavy atom. The standard InChI is InChI=1S/C20H17Cl2N5/c1-13-10-19(24-9-8-15-4-5-16(21)11-18(15)22)27-20(25-13)26-17-6-2-14(12-23)3-7-17/h2-7,10-11H,8-9H2,1H3,(H2,24,25,26,27). The Balaban J connectivity index is 1.65. The van der Waals surface area contributed by atoms with Gasteiger partial charge in [0.05, 0.1) is 11.6 Å². The molecule has 2 aromatic carbocycles. The summed E-state index contributed by atoms with van der Waals surface area (Å²) in [7, 11) is 0. The summed E-state index contributed by atoms with van der Waals surface area (Å²) in [6.07, 6.45) is 0.747. The second-order valence-corrected chi connectivity index (χ2v) is 6.79. The number of benzene rings is 2. The zero-order valence-electron chi connectivity index (χ0n) is 14.6. The van der Waals surface area contributed by atoms with Gasteiger partial charge in [0.1, 0.15) is 5.82 Å². The predicted molar refractivity (Wildman–Crippen MR) is 110 cm³/mol. The van der Waals surface area contributed by atoms with E-state index < -0.39 is 0 Å². The van der Waals surface area contributed by atoms with Gasteiger partial charge in [-0.05, 0) is 55.3 Å². The van der Waals surface area contributed by atoms with Crippen molar-refractivity contribution in [2.75, 3.05) is 17.2 Å². The first-order chi connectivity index (χ1) is 13.0. The Kier molecular flexibility index (Phi) is 6.12. The molecule has 1 aromatic heterocycles. The molecule has 7 heteroatoms. The van der Waals surface area contributed by atoms with Crippen LogP contribution in [0.4, 0.5) is 17.5 Å². The molecular formula is C20H17Cl2N5. The van der Waals surface area contributed by atoms with E-state index in [0.717, 1.165) is 29.2 Å². The summed E-state index contributed by atoms with van der Waals surface area (Å²) < 4.78 is 0. The Bertz CT molecular complexity index is 981. The minimum Gasteiger partial charge on any atom is -0.370 e. The van der Waals surface area contributed by atoms with Crippen LogP contribution in [0.25, 0.3) is 0 Å². The number of hydrogen-bond acceptors (Lipinski definition) is 5. The number of halogens is 2. The summed E-state index contributed by atoms with van der Waals surface area (Å²) in [5, 5.41) is 16.6. The van der Waals surface area contributed by atoms with Gasteiger partial charge in [0.25, 0.3) is 0 Å². The molecule has 0 saturated heterocycles. The van der Waals surface area contributed by atoms with Crippen LogP contribution in [0.5, 0.6) is 0 Å². The second-order valence-electron chi connectivity index (χ2n) is 5.94. The number of nitrogens with zero attached hydrogens (tertiary/aromatic N) is 3. The fraction of sp³-hybridized carbons (Fsp3) is 0.150. The minimum absolute atomic E-state index is 0.492. The third-order valence-electron chi connectivity index (χ3n) is 3.84. The molecule has 0 amide bonds. The first-order valence-corrected chi connectivity index (χ1v) is 9.10. The SMILES string of the molecule is Cc1cc(NCCc2ccc(Cl)cc2Cl)nc(Nc2ccc(C#N)cc2)n1. The summed E-state index contributed by atoms with van der Waals surface area (Å²) >= 11 is 12.1. The molecule has 136 valence electrons. The van der Waals surface area contributed by atoms with Gasteiger partial charge in [-0.1, -0.05) is 29.3 Å². The molecule has 3 aromatic rings. The van der Waals surface area contributed by atoms with Gasteiger partial charge >= 0.3 is 0 Å². The van der Waals surface area contributed by atoms with E-state index in [-0.39, 0.29) is 0 Å². The highest BCUT2D eigenvalue weighted by Crippen LogP contribution is 2.22. The first-order valence-electron chi connectivity index (χ1n) is 8.34. The normalized spacial score (nSPS) is 10.3. The maximum Gasteiger partial charge on any atom is 0.229 e. The highest BCUT2D eigenvalue weighted by molar-refractivity contribution is 6.35. The van der Waals surface area contributed by atoms with Crippen LogP contribution >= 0.6 is 23.2 Å². The number of anilines is 3. The molecule has 0 aliphatic heterocycles. The van der Waals surface area contributed by atoms with E-state index in [4.69, 9.17) is 28.5 Å². The van der Waals surface area contributed by atoms with Crippen molar-refractivity contribution >= 4 is 40.7 Å². The fourth-order valence-corrected chi connectivity index (χ4v) is 3.02. The molecule has 0 unspecified atom stereocenters. The summed E-state index contributed by atoms with van der Waals surface area (Å²) in [4.78, 5) is 8.89. The summed E-state index contributed by atoms with van der Waals surface area (Å²) in [5.41, 5.74) is 3.29. The monoisotopic (exact) mass is 397 g/mol. The van der Waals surface area contributed by atoms with Crippen LogP contribution in [0.15, 0.2) is 48.5 Å². The highest BCUT2D eigenvalue weighted by Gasteiger charge is 2.05. The van der Waals surface area contributed by atoms with Crippen LogP contribution in [0.2, 0.25) is 10.0 Å². The van der Waals surface area contributed by atoms with E-state index in [2.05, 4.69) is 26.7 Å². The molecule has 5 nitrogen and oxygen atoms in total. The zero-order chi connectivity index (χ0) is 19.2. The third kappa shape index (κ3) is 5.33. The first kappa shape index (κ1) is 19.0. The van der Waals surface area contributed by atoms with Crippen molar-refractivity contribution in [3.05, 3.63) is 75.4 Å². The van der Waals surface area contributed by atoms with Gasteiger partial charge in [-0.3, -0.25) is 0 Å². The lowest BCUT2D eigenvalue weighted by atomic mass is 10.1. The second kappa shape index (κ2) is 8.72. The van der Waals surface area contributed by atoms with Gasteiger partial charge in [0.15, 0.2) is 0 Å². The third-order valence-corrected chi connectivity index (χ3v) is 4.43. The Morgan fingerprint density at radius 2 is 1.81 bits per heavy atom. The fourth-order valence-electron chi connectivity index (χ4n) is 2.52. The van der Waals surface area contributed by atoms with Crippen LogP contribution in [0, 0.1) is 18.3 Å². The summed E-state index contributed by atoms with van der Waals surface area (Å²) in [6.45, 7) is 2.58. The van der Waals surface area contributed by atoms with Crippen LogP contribution < -0.4 is 10.6 Å². The zero-order valence-corrected chi connectivity index (χ0v) is 16.1. The van der Waals surface area contributed by atoms with Gasteiger partial charge in [0, 0.05) is 34.0 Å². The minimum atomic E-state index is 0.492. The lowest BCUT2D eigenvalue weighted by molar-refractivity contribution is 0.995. The van der Waals surface area contributed by atoms with Crippen LogP contribution in [0.3, 0.4) is 0 Å². The highest BCUT2D eigenvalue weighted by atomic mass is 35.5. The molecule has 2 N–H and O–H groups in total. The number of aryl methyl sites for hydroxylation is 1. The van der Waals surface area contributed by atoms with Crippen LogP contribution in [-0.4, -0.2) is 16.5 Å². The quantitative estimate of drug-likeness (QED) is 0.585. The number of aromatic nitrogens is 2. The van der Waals surface area contributed by atoms with Gasteiger partial charge < -0.3 is 10.6 Å². The van der Waals surface area contributed by atoms with E-state index in [1.54, 1.807) is 18.2 Å². The van der Waals surface area contributed by atoms with Crippen molar-refractivity contribution in [2.45, 2.75) is 13.3 Å². The molecule has 0 saturated carbocycles. The van der Waals surface area contributed by atoms with Gasteiger partial charge in [-0.15, -0.1) is 0 Å². The maximum absolute atomic E-state index is 8.87. The lowest BCUT2D eigenvalue weighted by Gasteiger charge is -2.11. The molecule has 0 bridgehead atoms. The van der Waals surface area contributed by atoms with Crippen LogP contribution in [-0.2, 0) is 6.42 Å². The Hall–Kier alpha value is -2.81. The largest absolute Gasteiger partial charge is 0.370 e.